The van der Waals surface area contributed by atoms with Crippen molar-refractivity contribution in [3.63, 3.8) is 0 Å². The number of carbonyl (C=O) groups is 1. The van der Waals surface area contributed by atoms with Crippen LogP contribution in [0.3, 0.4) is 0 Å². The molecule has 164 valence electrons. The number of ether oxygens (including phenoxy) is 1. The van der Waals surface area contributed by atoms with Crippen molar-refractivity contribution in [1.82, 2.24) is 20.2 Å². The standard InChI is InChI=1S/C24H36N4O2/c1-17-7-8-20(18(2)12-17)15-28-10-11-30-24(16-28)9-5-4-6-22(24)27-23(29)21-14-25-19(3)13-26-21/h12-14,18,20,22H,4-11,15-16H2,1-3H3,(H,27,29)/t18-,20-,22+,24-/m0/s1. The van der Waals surface area contributed by atoms with Crippen molar-refractivity contribution >= 4 is 5.91 Å². The number of nitrogens with zero attached hydrogens (tertiary/aromatic N) is 3. The summed E-state index contributed by atoms with van der Waals surface area (Å²) in [5, 5.41) is 3.25. The molecule has 30 heavy (non-hydrogen) atoms. The van der Waals surface area contributed by atoms with E-state index in [9.17, 15) is 4.79 Å². The van der Waals surface area contributed by atoms with Gasteiger partial charge in [0.1, 0.15) is 11.3 Å². The number of hydrogen-bond acceptors (Lipinski definition) is 5. The van der Waals surface area contributed by atoms with Gasteiger partial charge in [-0.15, -0.1) is 0 Å². The summed E-state index contributed by atoms with van der Waals surface area (Å²) in [6, 6.07) is 0.0237. The first-order valence-corrected chi connectivity index (χ1v) is 11.6. The Morgan fingerprint density at radius 3 is 2.90 bits per heavy atom. The van der Waals surface area contributed by atoms with E-state index >= 15 is 0 Å². The summed E-state index contributed by atoms with van der Waals surface area (Å²) in [4.78, 5) is 23.9. The van der Waals surface area contributed by atoms with Crippen LogP contribution in [0.1, 0.15) is 68.6 Å². The van der Waals surface area contributed by atoms with E-state index in [1.54, 1.807) is 12.4 Å². The van der Waals surface area contributed by atoms with Crippen LogP contribution in [0.5, 0.6) is 0 Å². The van der Waals surface area contributed by atoms with Gasteiger partial charge >= 0.3 is 0 Å². The molecule has 2 fully saturated rings. The summed E-state index contributed by atoms with van der Waals surface area (Å²) >= 11 is 0. The zero-order valence-electron chi connectivity index (χ0n) is 18.7. The van der Waals surface area contributed by atoms with Gasteiger partial charge in [-0.1, -0.05) is 31.4 Å². The summed E-state index contributed by atoms with van der Waals surface area (Å²) in [6.07, 6.45) is 12.4. The summed E-state index contributed by atoms with van der Waals surface area (Å²) in [6.45, 7) is 10.2. The third kappa shape index (κ3) is 4.75. The third-order valence-electron chi connectivity index (χ3n) is 7.28. The Morgan fingerprint density at radius 1 is 1.27 bits per heavy atom. The second kappa shape index (κ2) is 9.15. The van der Waals surface area contributed by atoms with Crippen LogP contribution < -0.4 is 5.32 Å². The van der Waals surface area contributed by atoms with Crippen LogP contribution in [0.4, 0.5) is 0 Å². The van der Waals surface area contributed by atoms with Gasteiger partial charge in [0.25, 0.3) is 5.91 Å². The lowest BCUT2D eigenvalue weighted by Crippen LogP contribution is -2.64. The molecule has 6 heteroatoms. The van der Waals surface area contributed by atoms with Crippen LogP contribution in [-0.4, -0.2) is 58.7 Å². The maximum Gasteiger partial charge on any atom is 0.271 e. The smallest absolute Gasteiger partial charge is 0.271 e. The molecule has 1 aromatic rings. The monoisotopic (exact) mass is 412 g/mol. The molecular formula is C24H36N4O2. The minimum absolute atomic E-state index is 0.0237. The average Bonchev–Trinajstić information content (AvgIpc) is 2.73. The maximum absolute atomic E-state index is 12.8. The summed E-state index contributed by atoms with van der Waals surface area (Å²) < 4.78 is 6.43. The lowest BCUT2D eigenvalue weighted by Gasteiger charge is -2.50. The van der Waals surface area contributed by atoms with E-state index < -0.39 is 0 Å². The van der Waals surface area contributed by atoms with Gasteiger partial charge in [-0.3, -0.25) is 14.7 Å². The van der Waals surface area contributed by atoms with Gasteiger partial charge in [0, 0.05) is 25.8 Å². The van der Waals surface area contributed by atoms with Gasteiger partial charge in [-0.25, -0.2) is 4.98 Å². The molecule has 4 rings (SSSR count). The van der Waals surface area contributed by atoms with Gasteiger partial charge in [0.15, 0.2) is 0 Å². The molecule has 2 heterocycles. The molecule has 0 radical (unpaired) electrons. The normalized spacial score (nSPS) is 32.6. The van der Waals surface area contributed by atoms with Crippen LogP contribution in [0.25, 0.3) is 0 Å². The molecule has 1 aliphatic heterocycles. The van der Waals surface area contributed by atoms with Gasteiger partial charge < -0.3 is 10.1 Å². The molecule has 1 spiro atoms. The van der Waals surface area contributed by atoms with Crippen molar-refractivity contribution in [2.24, 2.45) is 11.8 Å². The molecule has 1 saturated heterocycles. The number of rotatable bonds is 4. The first kappa shape index (κ1) is 21.4. The van der Waals surface area contributed by atoms with E-state index in [1.165, 1.54) is 18.4 Å². The Kier molecular flexibility index (Phi) is 6.54. The zero-order chi connectivity index (χ0) is 21.1. The van der Waals surface area contributed by atoms with Gasteiger partial charge in [-0.2, -0.15) is 0 Å². The zero-order valence-corrected chi connectivity index (χ0v) is 18.7. The summed E-state index contributed by atoms with van der Waals surface area (Å²) in [5.74, 6) is 1.21. The third-order valence-corrected chi connectivity index (χ3v) is 7.28. The number of hydrogen-bond donors (Lipinski definition) is 1. The SMILES string of the molecule is CC1=C[C@H](C)[C@H](CN2CCO[C@@]3(CCCC[C@H]3NC(=O)c3cnc(C)cn3)C2)CC1. The van der Waals surface area contributed by atoms with Gasteiger partial charge in [-0.05, 0) is 51.4 Å². The van der Waals surface area contributed by atoms with Crippen LogP contribution >= 0.6 is 0 Å². The lowest BCUT2D eigenvalue weighted by atomic mass is 9.77. The Bertz CT molecular complexity index is 774. The highest BCUT2D eigenvalue weighted by Crippen LogP contribution is 2.36. The minimum Gasteiger partial charge on any atom is -0.370 e. The second-order valence-corrected chi connectivity index (χ2v) is 9.63. The minimum atomic E-state index is -0.284. The van der Waals surface area contributed by atoms with Crippen molar-refractivity contribution < 1.29 is 9.53 Å². The van der Waals surface area contributed by atoms with Crippen molar-refractivity contribution in [2.75, 3.05) is 26.2 Å². The van der Waals surface area contributed by atoms with Crippen LogP contribution in [0, 0.1) is 18.8 Å². The highest BCUT2D eigenvalue weighted by molar-refractivity contribution is 5.92. The summed E-state index contributed by atoms with van der Waals surface area (Å²) in [5.41, 5.74) is 2.45. The number of carbonyl (C=O) groups excluding carboxylic acids is 1. The highest BCUT2D eigenvalue weighted by Gasteiger charge is 2.46. The number of aromatic nitrogens is 2. The second-order valence-electron chi connectivity index (χ2n) is 9.63. The number of allylic oxidation sites excluding steroid dienone is 2. The molecule has 1 amide bonds. The topological polar surface area (TPSA) is 67.3 Å². The molecular weight excluding hydrogens is 376 g/mol. The number of morpholine rings is 1. The first-order chi connectivity index (χ1) is 14.4. The Hall–Kier alpha value is -1.79. The fourth-order valence-corrected chi connectivity index (χ4v) is 5.49. The maximum atomic E-state index is 12.8. The molecule has 0 unspecified atom stereocenters. The summed E-state index contributed by atoms with van der Waals surface area (Å²) in [7, 11) is 0. The number of nitrogens with one attached hydrogen (secondary N) is 1. The molecule has 0 bridgehead atoms. The molecule has 4 atom stereocenters. The molecule has 0 aromatic carbocycles. The van der Waals surface area contributed by atoms with Crippen molar-refractivity contribution in [1.29, 1.82) is 0 Å². The predicted molar refractivity (Wildman–Crippen MR) is 117 cm³/mol. The van der Waals surface area contributed by atoms with Crippen LogP contribution in [-0.2, 0) is 4.74 Å². The fourth-order valence-electron chi connectivity index (χ4n) is 5.49. The fraction of sp³-hybridized carbons (Fsp3) is 0.708. The molecule has 1 saturated carbocycles. The van der Waals surface area contributed by atoms with Gasteiger partial charge in [0.05, 0.1) is 24.5 Å². The molecule has 1 aromatic heterocycles. The van der Waals surface area contributed by atoms with Crippen LogP contribution in [0.2, 0.25) is 0 Å². The van der Waals surface area contributed by atoms with E-state index in [4.69, 9.17) is 4.74 Å². The van der Waals surface area contributed by atoms with E-state index in [0.717, 1.165) is 57.6 Å². The van der Waals surface area contributed by atoms with E-state index in [2.05, 4.69) is 40.1 Å². The lowest BCUT2D eigenvalue weighted by molar-refractivity contribution is -0.144. The molecule has 3 aliphatic rings. The van der Waals surface area contributed by atoms with E-state index in [-0.39, 0.29) is 17.6 Å². The Balaban J connectivity index is 1.43. The number of amides is 1. The molecule has 2 aliphatic carbocycles. The van der Waals surface area contributed by atoms with Crippen molar-refractivity contribution in [3.05, 3.63) is 35.4 Å². The molecule has 1 N–H and O–H groups in total. The van der Waals surface area contributed by atoms with Crippen molar-refractivity contribution in [3.8, 4) is 0 Å². The molecule has 6 nitrogen and oxygen atoms in total. The average molecular weight is 413 g/mol. The van der Waals surface area contributed by atoms with E-state index in [0.29, 0.717) is 17.5 Å². The van der Waals surface area contributed by atoms with Gasteiger partial charge in [0.2, 0.25) is 0 Å². The largest absolute Gasteiger partial charge is 0.370 e. The van der Waals surface area contributed by atoms with Crippen molar-refractivity contribution in [2.45, 2.75) is 70.9 Å². The number of aryl methyl sites for hydroxylation is 1. The quantitative estimate of drug-likeness (QED) is 0.767. The highest BCUT2D eigenvalue weighted by atomic mass is 16.5. The first-order valence-electron chi connectivity index (χ1n) is 11.6. The Labute approximate surface area is 180 Å². The van der Waals surface area contributed by atoms with E-state index in [1.807, 2.05) is 6.92 Å². The Morgan fingerprint density at radius 2 is 2.13 bits per heavy atom. The van der Waals surface area contributed by atoms with Crippen LogP contribution in [0.15, 0.2) is 24.0 Å². The predicted octanol–water partition coefficient (Wildman–Crippen LogP) is 3.52.